The SMILES string of the molecule is Cc1cc(F)ccc1-c1ocnc1CNC(C)C. The number of hydrogen-bond acceptors (Lipinski definition) is 3. The van der Waals surface area contributed by atoms with E-state index in [9.17, 15) is 4.39 Å². The molecular formula is C14H17FN2O. The van der Waals surface area contributed by atoms with E-state index >= 15 is 0 Å². The molecule has 0 aliphatic rings. The van der Waals surface area contributed by atoms with Gasteiger partial charge >= 0.3 is 0 Å². The molecule has 4 heteroatoms. The predicted molar refractivity (Wildman–Crippen MR) is 68.6 cm³/mol. The van der Waals surface area contributed by atoms with Crippen LogP contribution in [-0.2, 0) is 6.54 Å². The minimum atomic E-state index is -0.238. The highest BCUT2D eigenvalue weighted by Crippen LogP contribution is 2.26. The number of halogens is 1. The molecule has 0 unspecified atom stereocenters. The number of oxazole rings is 1. The fraction of sp³-hybridized carbons (Fsp3) is 0.357. The van der Waals surface area contributed by atoms with Crippen LogP contribution in [0.5, 0.6) is 0 Å². The van der Waals surface area contributed by atoms with Crippen LogP contribution in [0.15, 0.2) is 29.0 Å². The van der Waals surface area contributed by atoms with Crippen LogP contribution < -0.4 is 5.32 Å². The molecular weight excluding hydrogens is 231 g/mol. The second kappa shape index (κ2) is 5.31. The molecule has 2 rings (SSSR count). The summed E-state index contributed by atoms with van der Waals surface area (Å²) in [5.74, 6) is 0.471. The quantitative estimate of drug-likeness (QED) is 0.902. The molecule has 1 N–H and O–H groups in total. The van der Waals surface area contributed by atoms with Crippen LogP contribution in [-0.4, -0.2) is 11.0 Å². The van der Waals surface area contributed by atoms with Gasteiger partial charge in [-0.05, 0) is 30.7 Å². The lowest BCUT2D eigenvalue weighted by Crippen LogP contribution is -2.22. The van der Waals surface area contributed by atoms with Gasteiger partial charge < -0.3 is 9.73 Å². The van der Waals surface area contributed by atoms with Crippen molar-refractivity contribution in [1.82, 2.24) is 10.3 Å². The van der Waals surface area contributed by atoms with E-state index in [-0.39, 0.29) is 5.82 Å². The fourth-order valence-electron chi connectivity index (χ4n) is 1.80. The van der Waals surface area contributed by atoms with E-state index in [1.807, 2.05) is 6.92 Å². The van der Waals surface area contributed by atoms with E-state index in [0.29, 0.717) is 18.3 Å². The third-order valence-corrected chi connectivity index (χ3v) is 2.75. The predicted octanol–water partition coefficient (Wildman–Crippen LogP) is 3.29. The summed E-state index contributed by atoms with van der Waals surface area (Å²) < 4.78 is 18.5. The second-order valence-corrected chi connectivity index (χ2v) is 4.62. The van der Waals surface area contributed by atoms with Gasteiger partial charge in [0.1, 0.15) is 11.5 Å². The minimum absolute atomic E-state index is 0.238. The van der Waals surface area contributed by atoms with Gasteiger partial charge in [-0.2, -0.15) is 0 Å². The summed E-state index contributed by atoms with van der Waals surface area (Å²) in [6.07, 6.45) is 1.43. The monoisotopic (exact) mass is 248 g/mol. The lowest BCUT2D eigenvalue weighted by molar-refractivity contribution is 0.562. The van der Waals surface area contributed by atoms with Crippen molar-refractivity contribution in [1.29, 1.82) is 0 Å². The van der Waals surface area contributed by atoms with Gasteiger partial charge in [-0.15, -0.1) is 0 Å². The lowest BCUT2D eigenvalue weighted by Gasteiger charge is -2.08. The van der Waals surface area contributed by atoms with Gasteiger partial charge in [0.25, 0.3) is 0 Å². The van der Waals surface area contributed by atoms with Crippen molar-refractivity contribution in [3.63, 3.8) is 0 Å². The zero-order valence-corrected chi connectivity index (χ0v) is 10.8. The normalized spacial score (nSPS) is 11.2. The number of aryl methyl sites for hydroxylation is 1. The minimum Gasteiger partial charge on any atom is -0.443 e. The molecule has 0 saturated carbocycles. The summed E-state index contributed by atoms with van der Waals surface area (Å²) >= 11 is 0. The van der Waals surface area contributed by atoms with Gasteiger partial charge in [-0.1, -0.05) is 13.8 Å². The van der Waals surface area contributed by atoms with Crippen molar-refractivity contribution in [2.24, 2.45) is 0 Å². The van der Waals surface area contributed by atoms with Crippen LogP contribution in [0.25, 0.3) is 11.3 Å². The van der Waals surface area contributed by atoms with Crippen molar-refractivity contribution in [3.8, 4) is 11.3 Å². The molecule has 0 aliphatic carbocycles. The maximum absolute atomic E-state index is 13.1. The van der Waals surface area contributed by atoms with Crippen molar-refractivity contribution < 1.29 is 8.81 Å². The van der Waals surface area contributed by atoms with E-state index in [0.717, 1.165) is 16.8 Å². The molecule has 0 amide bonds. The van der Waals surface area contributed by atoms with Crippen LogP contribution in [0.1, 0.15) is 25.1 Å². The standard InChI is InChI=1S/C14H17FN2O/c1-9(2)16-7-13-14(18-8-17-13)12-5-4-11(15)6-10(12)3/h4-6,8-9,16H,7H2,1-3H3. The Labute approximate surface area is 106 Å². The molecule has 18 heavy (non-hydrogen) atoms. The molecule has 0 fully saturated rings. The number of hydrogen-bond donors (Lipinski definition) is 1. The van der Waals surface area contributed by atoms with E-state index < -0.39 is 0 Å². The summed E-state index contributed by atoms with van der Waals surface area (Å²) in [5.41, 5.74) is 2.57. The van der Waals surface area contributed by atoms with Gasteiger partial charge in [0.05, 0.1) is 0 Å². The van der Waals surface area contributed by atoms with Crippen molar-refractivity contribution >= 4 is 0 Å². The van der Waals surface area contributed by atoms with E-state index in [4.69, 9.17) is 4.42 Å². The summed E-state index contributed by atoms with van der Waals surface area (Å²) in [4.78, 5) is 4.21. The maximum Gasteiger partial charge on any atom is 0.181 e. The van der Waals surface area contributed by atoms with E-state index in [2.05, 4.69) is 24.1 Å². The third kappa shape index (κ3) is 2.76. The molecule has 0 radical (unpaired) electrons. The molecule has 2 aromatic rings. The summed E-state index contributed by atoms with van der Waals surface area (Å²) in [5, 5.41) is 3.29. The van der Waals surface area contributed by atoms with Crippen LogP contribution in [0.3, 0.4) is 0 Å². The first-order valence-corrected chi connectivity index (χ1v) is 6.00. The first-order valence-electron chi connectivity index (χ1n) is 6.00. The summed E-state index contributed by atoms with van der Waals surface area (Å²) in [6.45, 7) is 6.65. The van der Waals surface area contributed by atoms with Crippen LogP contribution >= 0.6 is 0 Å². The first-order chi connectivity index (χ1) is 8.58. The molecule has 0 atom stereocenters. The molecule has 0 saturated heterocycles. The zero-order valence-electron chi connectivity index (χ0n) is 10.8. The fourth-order valence-corrected chi connectivity index (χ4v) is 1.80. The highest BCUT2D eigenvalue weighted by molar-refractivity contribution is 5.63. The Bertz CT molecular complexity index is 534. The van der Waals surface area contributed by atoms with Crippen LogP contribution in [0.2, 0.25) is 0 Å². The number of nitrogens with zero attached hydrogens (tertiary/aromatic N) is 1. The van der Waals surface area contributed by atoms with Crippen LogP contribution in [0, 0.1) is 12.7 Å². The average molecular weight is 248 g/mol. The third-order valence-electron chi connectivity index (χ3n) is 2.75. The zero-order chi connectivity index (χ0) is 13.1. The first kappa shape index (κ1) is 12.8. The number of benzene rings is 1. The van der Waals surface area contributed by atoms with E-state index in [1.54, 1.807) is 6.07 Å². The summed E-state index contributed by atoms with van der Waals surface area (Å²) in [6, 6.07) is 5.04. The highest BCUT2D eigenvalue weighted by Gasteiger charge is 2.13. The Balaban J connectivity index is 2.30. The van der Waals surface area contributed by atoms with Crippen LogP contribution in [0.4, 0.5) is 4.39 Å². The maximum atomic E-state index is 13.1. The van der Waals surface area contributed by atoms with Gasteiger partial charge in [0.15, 0.2) is 12.2 Å². The Morgan fingerprint density at radius 1 is 1.39 bits per heavy atom. The number of nitrogens with one attached hydrogen (secondary N) is 1. The molecule has 0 spiro atoms. The second-order valence-electron chi connectivity index (χ2n) is 4.62. The highest BCUT2D eigenvalue weighted by atomic mass is 19.1. The van der Waals surface area contributed by atoms with Gasteiger partial charge in [-0.3, -0.25) is 0 Å². The molecule has 3 nitrogen and oxygen atoms in total. The summed E-state index contributed by atoms with van der Waals surface area (Å²) in [7, 11) is 0. The molecule has 1 heterocycles. The van der Waals surface area contributed by atoms with E-state index in [1.165, 1.54) is 18.5 Å². The molecule has 1 aromatic carbocycles. The molecule has 0 aliphatic heterocycles. The molecule has 0 bridgehead atoms. The molecule has 1 aromatic heterocycles. The average Bonchev–Trinajstić information content (AvgIpc) is 2.74. The van der Waals surface area contributed by atoms with Gasteiger partial charge in [0, 0.05) is 18.2 Å². The lowest BCUT2D eigenvalue weighted by atomic mass is 10.0. The Morgan fingerprint density at radius 3 is 2.83 bits per heavy atom. The molecule has 96 valence electrons. The van der Waals surface area contributed by atoms with Gasteiger partial charge in [0.2, 0.25) is 0 Å². The van der Waals surface area contributed by atoms with Crippen molar-refractivity contribution in [2.75, 3.05) is 0 Å². The Hall–Kier alpha value is -1.68. The number of rotatable bonds is 4. The topological polar surface area (TPSA) is 38.1 Å². The Morgan fingerprint density at radius 2 is 2.17 bits per heavy atom. The Kier molecular flexibility index (Phi) is 3.77. The van der Waals surface area contributed by atoms with Crippen molar-refractivity contribution in [2.45, 2.75) is 33.4 Å². The number of aromatic nitrogens is 1. The largest absolute Gasteiger partial charge is 0.443 e. The smallest absolute Gasteiger partial charge is 0.181 e. The van der Waals surface area contributed by atoms with Crippen molar-refractivity contribution in [3.05, 3.63) is 41.7 Å². The van der Waals surface area contributed by atoms with Gasteiger partial charge in [-0.25, -0.2) is 9.37 Å².